The first kappa shape index (κ1) is 22.6. The third-order valence-corrected chi connectivity index (χ3v) is 8.05. The number of anilines is 1. The van der Waals surface area contributed by atoms with Gasteiger partial charge >= 0.3 is 0 Å². The maximum absolute atomic E-state index is 13.8. The highest BCUT2D eigenvalue weighted by molar-refractivity contribution is 6.08. The van der Waals surface area contributed by atoms with Crippen molar-refractivity contribution in [2.24, 2.45) is 10.9 Å². The van der Waals surface area contributed by atoms with Crippen LogP contribution in [-0.4, -0.2) is 61.5 Å². The molecule has 5 heterocycles. The van der Waals surface area contributed by atoms with Gasteiger partial charge in [0.1, 0.15) is 11.4 Å². The molecule has 0 spiro atoms. The molecule has 1 amide bonds. The number of carbonyl (C=O) groups excluding carboxylic acids is 1. The van der Waals surface area contributed by atoms with Crippen LogP contribution in [0.5, 0.6) is 0 Å². The molecular formula is C24H31F2N7O2. The van der Waals surface area contributed by atoms with E-state index < -0.39 is 18.0 Å². The molecule has 4 aliphatic rings. The first-order valence-electron chi connectivity index (χ1n) is 12.7. The minimum Gasteiger partial charge on any atom is -0.374 e. The lowest BCUT2D eigenvalue weighted by molar-refractivity contribution is 0.0557. The van der Waals surface area contributed by atoms with E-state index in [1.165, 1.54) is 6.20 Å². The number of carbonyl (C=O) groups is 1. The second-order valence-corrected chi connectivity index (χ2v) is 10.1. The van der Waals surface area contributed by atoms with Crippen LogP contribution in [0.2, 0.25) is 0 Å². The lowest BCUT2D eigenvalue weighted by Gasteiger charge is -2.31. The van der Waals surface area contributed by atoms with Gasteiger partial charge in [0.15, 0.2) is 11.5 Å². The molecule has 9 nitrogen and oxygen atoms in total. The van der Waals surface area contributed by atoms with Crippen molar-refractivity contribution in [1.29, 1.82) is 0 Å². The van der Waals surface area contributed by atoms with Crippen LogP contribution >= 0.6 is 0 Å². The summed E-state index contributed by atoms with van der Waals surface area (Å²) in [5.41, 5.74) is -0.0647. The summed E-state index contributed by atoms with van der Waals surface area (Å²) in [6.45, 7) is 4.33. The summed E-state index contributed by atoms with van der Waals surface area (Å²) >= 11 is 0. The van der Waals surface area contributed by atoms with Gasteiger partial charge in [-0.25, -0.2) is 18.5 Å². The van der Waals surface area contributed by atoms with Gasteiger partial charge in [0.05, 0.1) is 43.2 Å². The zero-order valence-electron chi connectivity index (χ0n) is 19.9. The van der Waals surface area contributed by atoms with Gasteiger partial charge in [-0.15, -0.1) is 0 Å². The van der Waals surface area contributed by atoms with E-state index in [-0.39, 0.29) is 23.4 Å². The van der Waals surface area contributed by atoms with Crippen molar-refractivity contribution in [3.05, 3.63) is 23.7 Å². The molecule has 2 bridgehead atoms. The van der Waals surface area contributed by atoms with Crippen LogP contribution in [0, 0.1) is 5.92 Å². The second kappa shape index (κ2) is 9.00. The Hall–Kier alpha value is -2.82. The number of aryl methyl sites for hydroxylation is 1. The number of amidine groups is 1. The number of aromatic nitrogens is 4. The van der Waals surface area contributed by atoms with E-state index in [1.807, 2.05) is 0 Å². The Labute approximate surface area is 202 Å². The van der Waals surface area contributed by atoms with E-state index in [9.17, 15) is 13.6 Å². The van der Waals surface area contributed by atoms with Crippen LogP contribution in [0.25, 0.3) is 0 Å². The fourth-order valence-electron chi connectivity index (χ4n) is 5.99. The maximum Gasteiger partial charge on any atom is 0.284 e. The van der Waals surface area contributed by atoms with Crippen LogP contribution in [0.4, 0.5) is 20.3 Å². The Bertz CT molecular complexity index is 1140. The van der Waals surface area contributed by atoms with Gasteiger partial charge in [0, 0.05) is 19.2 Å². The molecule has 1 saturated carbocycles. The van der Waals surface area contributed by atoms with E-state index >= 15 is 0 Å². The van der Waals surface area contributed by atoms with Crippen molar-refractivity contribution in [1.82, 2.24) is 24.5 Å². The van der Waals surface area contributed by atoms with Crippen LogP contribution in [0.1, 0.15) is 80.4 Å². The fraction of sp³-hybridized carbons (Fsp3) is 0.667. The lowest BCUT2D eigenvalue weighted by Crippen LogP contribution is -2.42. The summed E-state index contributed by atoms with van der Waals surface area (Å²) in [5, 5.41) is 11.2. The quantitative estimate of drug-likeness (QED) is 0.679. The average Bonchev–Trinajstić information content (AvgIpc) is 3.66. The molecule has 3 fully saturated rings. The standard InChI is InChI=1S/C24H31F2N7O2/c1-2-14-3-5-15(6-4-14)33-12-19(21(30-33)22(25)26)28-24(34)18-10-27-32-8-7-20(29-23(18)32)31-11-17-9-16(31)13-35-17/h10,12,14-17,22H,2-9,11,13H2,1H3,(H,28,34)/t14?,15?,16-,17-/m0/s1. The minimum atomic E-state index is -2.78. The highest BCUT2D eigenvalue weighted by atomic mass is 19.3. The third kappa shape index (κ3) is 4.13. The van der Waals surface area contributed by atoms with Crippen molar-refractivity contribution in [3.8, 4) is 0 Å². The number of aliphatic imine (C=N–C) groups is 1. The molecule has 0 aromatic carbocycles. The summed E-state index contributed by atoms with van der Waals surface area (Å²) in [5.74, 6) is 1.60. The number of nitrogens with zero attached hydrogens (tertiary/aromatic N) is 6. The second-order valence-electron chi connectivity index (χ2n) is 10.1. The number of morpholine rings is 1. The molecule has 1 N–H and O–H groups in total. The van der Waals surface area contributed by atoms with Crippen molar-refractivity contribution in [3.63, 3.8) is 0 Å². The van der Waals surface area contributed by atoms with Gasteiger partial charge in [0.2, 0.25) is 0 Å². The van der Waals surface area contributed by atoms with Crippen molar-refractivity contribution < 1.29 is 18.3 Å². The summed E-state index contributed by atoms with van der Waals surface area (Å²) in [6.07, 6.45) is 7.34. The zero-order valence-corrected chi connectivity index (χ0v) is 19.9. The number of amides is 1. The summed E-state index contributed by atoms with van der Waals surface area (Å²) in [7, 11) is 0. The number of alkyl halides is 2. The van der Waals surface area contributed by atoms with Crippen molar-refractivity contribution >= 4 is 23.2 Å². The molecule has 2 aromatic rings. The van der Waals surface area contributed by atoms with Crippen LogP contribution in [0.3, 0.4) is 0 Å². The highest BCUT2D eigenvalue weighted by Crippen LogP contribution is 2.36. The minimum absolute atomic E-state index is 0.0524. The predicted octanol–water partition coefficient (Wildman–Crippen LogP) is 4.32. The maximum atomic E-state index is 13.8. The first-order valence-corrected chi connectivity index (χ1v) is 12.7. The SMILES string of the molecule is CCC1CCC(n2cc(NC(=O)c3cnn4c3N=C(N3C[C@@H]5C[C@H]3CO5)CC4)c(C(F)F)n2)CC1. The van der Waals surface area contributed by atoms with E-state index in [2.05, 4.69) is 27.3 Å². The lowest BCUT2D eigenvalue weighted by atomic mass is 9.85. The first-order chi connectivity index (χ1) is 17.0. The number of nitrogens with one attached hydrogen (secondary N) is 1. The van der Waals surface area contributed by atoms with Gasteiger partial charge < -0.3 is 15.0 Å². The van der Waals surface area contributed by atoms with Gasteiger partial charge in [-0.1, -0.05) is 13.3 Å². The van der Waals surface area contributed by atoms with Gasteiger partial charge in [-0.05, 0) is 38.0 Å². The van der Waals surface area contributed by atoms with Crippen LogP contribution < -0.4 is 5.32 Å². The zero-order chi connectivity index (χ0) is 24.1. The largest absolute Gasteiger partial charge is 0.374 e. The van der Waals surface area contributed by atoms with E-state index in [0.29, 0.717) is 30.9 Å². The van der Waals surface area contributed by atoms with E-state index in [4.69, 9.17) is 9.73 Å². The summed E-state index contributed by atoms with van der Waals surface area (Å²) in [4.78, 5) is 20.2. The molecule has 0 unspecified atom stereocenters. The summed E-state index contributed by atoms with van der Waals surface area (Å²) < 4.78 is 36.6. The Morgan fingerprint density at radius 1 is 1.26 bits per heavy atom. The van der Waals surface area contributed by atoms with Gasteiger partial charge in [0.25, 0.3) is 12.3 Å². The number of hydrogen-bond donors (Lipinski definition) is 1. The molecule has 2 saturated heterocycles. The molecule has 1 aliphatic carbocycles. The molecule has 188 valence electrons. The third-order valence-electron chi connectivity index (χ3n) is 8.05. The molecule has 2 atom stereocenters. The smallest absolute Gasteiger partial charge is 0.284 e. The molecule has 3 aliphatic heterocycles. The number of fused-ring (bicyclic) bond motifs is 3. The molecule has 35 heavy (non-hydrogen) atoms. The average molecular weight is 488 g/mol. The highest BCUT2D eigenvalue weighted by Gasteiger charge is 2.41. The number of likely N-dealkylation sites (tertiary alicyclic amines) is 1. The molecule has 2 aromatic heterocycles. The fourth-order valence-corrected chi connectivity index (χ4v) is 5.99. The summed E-state index contributed by atoms with van der Waals surface area (Å²) in [6, 6.07) is 0.411. The number of halogens is 2. The molecule has 6 rings (SSSR count). The monoisotopic (exact) mass is 487 g/mol. The Morgan fingerprint density at radius 3 is 2.77 bits per heavy atom. The number of ether oxygens (including phenoxy) is 1. The molecule has 0 radical (unpaired) electrons. The van der Waals surface area contributed by atoms with E-state index in [1.54, 1.807) is 15.6 Å². The predicted molar refractivity (Wildman–Crippen MR) is 125 cm³/mol. The van der Waals surface area contributed by atoms with Crippen molar-refractivity contribution in [2.75, 3.05) is 18.5 Å². The normalized spacial score (nSPS) is 27.9. The Morgan fingerprint density at radius 2 is 2.09 bits per heavy atom. The van der Waals surface area contributed by atoms with Crippen molar-refractivity contribution in [2.45, 2.75) is 83.0 Å². The van der Waals surface area contributed by atoms with Crippen LogP contribution in [0.15, 0.2) is 17.4 Å². The molecule has 11 heteroatoms. The van der Waals surface area contributed by atoms with Gasteiger partial charge in [-0.2, -0.15) is 10.2 Å². The Kier molecular flexibility index (Phi) is 5.82. The Balaban J connectivity index is 1.22. The number of rotatable bonds is 5. The molecular weight excluding hydrogens is 456 g/mol. The van der Waals surface area contributed by atoms with E-state index in [0.717, 1.165) is 57.3 Å². The van der Waals surface area contributed by atoms with Crippen LogP contribution in [-0.2, 0) is 11.3 Å². The van der Waals surface area contributed by atoms with Gasteiger partial charge in [-0.3, -0.25) is 9.48 Å². The topological polar surface area (TPSA) is 89.6 Å². The number of hydrogen-bond acceptors (Lipinski definition) is 6.